The first-order valence-electron chi connectivity index (χ1n) is 7.53. The van der Waals surface area contributed by atoms with Crippen LogP contribution in [0.2, 0.25) is 5.02 Å². The van der Waals surface area contributed by atoms with E-state index < -0.39 is 22.4 Å². The Morgan fingerprint density at radius 2 is 1.96 bits per heavy atom. The summed E-state index contributed by atoms with van der Waals surface area (Å²) in [5.74, 6) is -1.23. The maximum Gasteiger partial charge on any atom is 0.340 e. The van der Waals surface area contributed by atoms with Crippen LogP contribution in [0.3, 0.4) is 0 Å². The number of sulfone groups is 1. The van der Waals surface area contributed by atoms with Gasteiger partial charge < -0.3 is 9.64 Å². The normalized spacial score (nSPS) is 11.2. The highest BCUT2D eigenvalue weighted by Crippen LogP contribution is 2.21. The minimum Gasteiger partial charge on any atom is -0.452 e. The summed E-state index contributed by atoms with van der Waals surface area (Å²) >= 11 is 7.49. The molecule has 1 amide bonds. The van der Waals surface area contributed by atoms with Gasteiger partial charge in [-0.15, -0.1) is 11.3 Å². The molecule has 0 aliphatic rings. The molecule has 6 nitrogen and oxygen atoms in total. The van der Waals surface area contributed by atoms with E-state index in [2.05, 4.69) is 0 Å². The van der Waals surface area contributed by atoms with E-state index in [0.717, 1.165) is 22.8 Å². The van der Waals surface area contributed by atoms with E-state index in [-0.39, 0.29) is 21.4 Å². The van der Waals surface area contributed by atoms with E-state index in [9.17, 15) is 18.0 Å². The number of carbonyl (C=O) groups excluding carboxylic acids is 2. The lowest BCUT2D eigenvalue weighted by Crippen LogP contribution is -2.30. The van der Waals surface area contributed by atoms with Crippen LogP contribution in [0.25, 0.3) is 0 Å². The van der Waals surface area contributed by atoms with Gasteiger partial charge in [0.1, 0.15) is 0 Å². The molecular formula is C17H18ClNO5S2. The molecular weight excluding hydrogens is 398 g/mol. The molecule has 0 aliphatic carbocycles. The fraction of sp³-hybridized carbons (Fsp3) is 0.294. The smallest absolute Gasteiger partial charge is 0.340 e. The standard InChI is InChI=1S/C17H18ClNO5S2/c1-11-6-7-25-15(11)9-19(2)16(20)10-24-17(21)13-8-12(26(3,22)23)4-5-14(13)18/h4-8H,9-10H2,1-3H3. The predicted molar refractivity (Wildman–Crippen MR) is 100 cm³/mol. The van der Waals surface area contributed by atoms with Gasteiger partial charge in [0.05, 0.1) is 22.0 Å². The minimum absolute atomic E-state index is 0.0505. The highest BCUT2D eigenvalue weighted by Gasteiger charge is 2.19. The van der Waals surface area contributed by atoms with Crippen molar-refractivity contribution in [3.05, 3.63) is 50.7 Å². The minimum atomic E-state index is -3.49. The second-order valence-electron chi connectivity index (χ2n) is 5.77. The van der Waals surface area contributed by atoms with E-state index in [0.29, 0.717) is 6.54 Å². The van der Waals surface area contributed by atoms with Gasteiger partial charge in [0.2, 0.25) is 0 Å². The second kappa shape index (κ2) is 8.20. The Morgan fingerprint density at radius 3 is 2.54 bits per heavy atom. The number of ether oxygens (including phenoxy) is 1. The van der Waals surface area contributed by atoms with Crippen LogP contribution in [-0.2, 0) is 25.9 Å². The summed E-state index contributed by atoms with van der Waals surface area (Å²) in [6.07, 6.45) is 1.02. The highest BCUT2D eigenvalue weighted by atomic mass is 35.5. The molecule has 1 heterocycles. The second-order valence-corrected chi connectivity index (χ2v) is 9.19. The van der Waals surface area contributed by atoms with Gasteiger partial charge in [0.15, 0.2) is 16.4 Å². The number of rotatable bonds is 6. The molecule has 0 fully saturated rings. The van der Waals surface area contributed by atoms with Crippen molar-refractivity contribution in [2.24, 2.45) is 0 Å². The maximum atomic E-state index is 12.2. The third kappa shape index (κ3) is 5.06. The van der Waals surface area contributed by atoms with Gasteiger partial charge in [-0.1, -0.05) is 11.6 Å². The topological polar surface area (TPSA) is 80.8 Å². The Morgan fingerprint density at radius 1 is 1.27 bits per heavy atom. The summed E-state index contributed by atoms with van der Waals surface area (Å²) < 4.78 is 28.2. The van der Waals surface area contributed by atoms with Crippen LogP contribution in [0.1, 0.15) is 20.8 Å². The maximum absolute atomic E-state index is 12.2. The van der Waals surface area contributed by atoms with Crippen LogP contribution in [0, 0.1) is 6.92 Å². The van der Waals surface area contributed by atoms with Crippen molar-refractivity contribution >= 4 is 44.7 Å². The number of carbonyl (C=O) groups is 2. The average molecular weight is 416 g/mol. The monoisotopic (exact) mass is 415 g/mol. The quantitative estimate of drug-likeness (QED) is 0.677. The van der Waals surface area contributed by atoms with Gasteiger partial charge >= 0.3 is 5.97 Å². The van der Waals surface area contributed by atoms with Gasteiger partial charge in [0.25, 0.3) is 5.91 Å². The Bertz CT molecular complexity index is 936. The Hall–Kier alpha value is -1.90. The van der Waals surface area contributed by atoms with Crippen molar-refractivity contribution in [2.75, 3.05) is 19.9 Å². The van der Waals surface area contributed by atoms with Crippen molar-refractivity contribution in [1.82, 2.24) is 4.90 Å². The summed E-state index contributed by atoms with van der Waals surface area (Å²) in [4.78, 5) is 26.8. The Labute approximate surface area is 161 Å². The van der Waals surface area contributed by atoms with Crippen LogP contribution in [-0.4, -0.2) is 45.1 Å². The molecule has 0 bridgehead atoms. The highest BCUT2D eigenvalue weighted by molar-refractivity contribution is 7.90. The number of likely N-dealkylation sites (N-methyl/N-ethyl adjacent to an activating group) is 1. The van der Waals surface area contributed by atoms with Gasteiger partial charge in [0, 0.05) is 18.2 Å². The summed E-state index contributed by atoms with van der Waals surface area (Å²) in [6.45, 7) is 1.92. The van der Waals surface area contributed by atoms with E-state index in [4.69, 9.17) is 16.3 Å². The van der Waals surface area contributed by atoms with Crippen molar-refractivity contribution < 1.29 is 22.7 Å². The lowest BCUT2D eigenvalue weighted by Gasteiger charge is -2.17. The molecule has 1 aromatic heterocycles. The molecule has 0 atom stereocenters. The Balaban J connectivity index is 2.02. The lowest BCUT2D eigenvalue weighted by molar-refractivity contribution is -0.133. The van der Waals surface area contributed by atoms with Gasteiger partial charge in [-0.3, -0.25) is 4.79 Å². The number of aryl methyl sites for hydroxylation is 1. The van der Waals surface area contributed by atoms with Crippen LogP contribution in [0.15, 0.2) is 34.5 Å². The number of benzene rings is 1. The molecule has 9 heteroatoms. The molecule has 2 aromatic rings. The van der Waals surface area contributed by atoms with Crippen LogP contribution < -0.4 is 0 Å². The van der Waals surface area contributed by atoms with Gasteiger partial charge in [-0.2, -0.15) is 0 Å². The zero-order valence-electron chi connectivity index (χ0n) is 14.5. The molecule has 0 unspecified atom stereocenters. The summed E-state index contributed by atoms with van der Waals surface area (Å²) in [7, 11) is -1.88. The van der Waals surface area contributed by atoms with Crippen molar-refractivity contribution in [3.63, 3.8) is 0 Å². The SMILES string of the molecule is Cc1ccsc1CN(C)C(=O)COC(=O)c1cc(S(C)(=O)=O)ccc1Cl. The van der Waals surface area contributed by atoms with Crippen LogP contribution in [0.5, 0.6) is 0 Å². The first-order chi connectivity index (χ1) is 12.1. The fourth-order valence-corrected chi connectivity index (χ4v) is 3.88. The first kappa shape index (κ1) is 20.4. The van der Waals surface area contributed by atoms with Gasteiger partial charge in [-0.05, 0) is 42.1 Å². The molecule has 0 saturated carbocycles. The number of halogens is 1. The van der Waals surface area contributed by atoms with E-state index in [1.807, 2.05) is 18.4 Å². The lowest BCUT2D eigenvalue weighted by atomic mass is 10.2. The third-order valence-electron chi connectivity index (χ3n) is 3.69. The predicted octanol–water partition coefficient (Wildman–Crippen LogP) is 2.93. The van der Waals surface area contributed by atoms with E-state index >= 15 is 0 Å². The molecule has 26 heavy (non-hydrogen) atoms. The Kier molecular flexibility index (Phi) is 6.44. The number of hydrogen-bond acceptors (Lipinski definition) is 6. The molecule has 140 valence electrons. The largest absolute Gasteiger partial charge is 0.452 e. The summed E-state index contributed by atoms with van der Waals surface area (Å²) in [5, 5.41) is 2.00. The number of nitrogens with zero attached hydrogens (tertiary/aromatic N) is 1. The first-order valence-corrected chi connectivity index (χ1v) is 10.7. The molecule has 0 aliphatic heterocycles. The number of esters is 1. The van der Waals surface area contributed by atoms with E-state index in [1.165, 1.54) is 17.0 Å². The van der Waals surface area contributed by atoms with Gasteiger partial charge in [-0.25, -0.2) is 13.2 Å². The van der Waals surface area contributed by atoms with E-state index in [1.54, 1.807) is 18.4 Å². The molecule has 0 spiro atoms. The molecule has 0 N–H and O–H groups in total. The van der Waals surface area contributed by atoms with Crippen molar-refractivity contribution in [3.8, 4) is 0 Å². The number of thiophene rings is 1. The molecule has 0 saturated heterocycles. The molecule has 2 rings (SSSR count). The fourth-order valence-electron chi connectivity index (χ4n) is 2.08. The zero-order valence-corrected chi connectivity index (χ0v) is 16.9. The van der Waals surface area contributed by atoms with Crippen molar-refractivity contribution in [2.45, 2.75) is 18.4 Å². The third-order valence-corrected chi connectivity index (χ3v) is 6.13. The summed E-state index contributed by atoms with van der Waals surface area (Å²) in [6, 6.07) is 5.72. The van der Waals surface area contributed by atoms with Crippen molar-refractivity contribution in [1.29, 1.82) is 0 Å². The molecule has 0 radical (unpaired) electrons. The zero-order chi connectivity index (χ0) is 19.5. The summed E-state index contributed by atoms with van der Waals surface area (Å²) in [5.41, 5.74) is 0.996. The van der Waals surface area contributed by atoms with Crippen LogP contribution >= 0.6 is 22.9 Å². The average Bonchev–Trinajstić information content (AvgIpc) is 2.96. The van der Waals surface area contributed by atoms with Crippen LogP contribution in [0.4, 0.5) is 0 Å². The number of hydrogen-bond donors (Lipinski definition) is 0. The number of amides is 1. The molecule has 1 aromatic carbocycles.